The van der Waals surface area contributed by atoms with Crippen LogP contribution in [0.1, 0.15) is 35.7 Å². The molecule has 0 aliphatic heterocycles. The maximum absolute atomic E-state index is 6.03. The summed E-state index contributed by atoms with van der Waals surface area (Å²) in [5.41, 5.74) is 6.86. The van der Waals surface area contributed by atoms with E-state index in [0.29, 0.717) is 0 Å². The molecule has 0 amide bonds. The van der Waals surface area contributed by atoms with E-state index in [0.717, 1.165) is 40.2 Å². The second-order valence-corrected chi connectivity index (χ2v) is 5.27. The fourth-order valence-corrected chi connectivity index (χ4v) is 2.74. The molecular formula is C16H20N4O. The van der Waals surface area contributed by atoms with Crippen LogP contribution < -0.4 is 11.3 Å². The molecule has 0 aliphatic rings. The highest BCUT2D eigenvalue weighted by molar-refractivity contribution is 5.81. The Labute approximate surface area is 123 Å². The lowest BCUT2D eigenvalue weighted by molar-refractivity contribution is 0.450. The van der Waals surface area contributed by atoms with E-state index in [9.17, 15) is 0 Å². The molecule has 0 radical (unpaired) electrons. The number of rotatable bonds is 4. The highest BCUT2D eigenvalue weighted by Gasteiger charge is 2.22. The zero-order chi connectivity index (χ0) is 15.0. The number of hydrogen-bond acceptors (Lipinski definition) is 4. The number of aryl methyl sites for hydroxylation is 3. The lowest BCUT2D eigenvalue weighted by Crippen LogP contribution is -2.30. The highest BCUT2D eigenvalue weighted by Crippen LogP contribution is 2.29. The average molecular weight is 284 g/mol. The second-order valence-electron chi connectivity index (χ2n) is 5.27. The first-order valence-corrected chi connectivity index (χ1v) is 7.13. The third-order valence-electron chi connectivity index (χ3n) is 3.74. The maximum atomic E-state index is 6.03. The molecule has 3 rings (SSSR count). The molecule has 0 saturated heterocycles. The monoisotopic (exact) mass is 284 g/mol. The summed E-state index contributed by atoms with van der Waals surface area (Å²) in [6.45, 7) is 6.87. The van der Waals surface area contributed by atoms with Crippen LogP contribution in [0, 0.1) is 13.8 Å². The van der Waals surface area contributed by atoms with Crippen LogP contribution in [0.2, 0.25) is 0 Å². The van der Waals surface area contributed by atoms with Crippen LogP contribution in [0.4, 0.5) is 0 Å². The zero-order valence-corrected chi connectivity index (χ0v) is 12.6. The molecule has 2 aromatic heterocycles. The second kappa shape index (κ2) is 5.35. The molecule has 0 spiro atoms. The first-order valence-electron chi connectivity index (χ1n) is 7.13. The van der Waals surface area contributed by atoms with Crippen molar-refractivity contribution in [2.75, 3.05) is 0 Å². The number of hydrazine groups is 1. The van der Waals surface area contributed by atoms with Gasteiger partial charge in [0.15, 0.2) is 0 Å². The van der Waals surface area contributed by atoms with Gasteiger partial charge in [0.2, 0.25) is 0 Å². The van der Waals surface area contributed by atoms with Crippen molar-refractivity contribution in [3.8, 4) is 0 Å². The van der Waals surface area contributed by atoms with E-state index >= 15 is 0 Å². The van der Waals surface area contributed by atoms with E-state index < -0.39 is 0 Å². The Kier molecular flexibility index (Phi) is 3.53. The summed E-state index contributed by atoms with van der Waals surface area (Å²) in [5.74, 6) is 6.58. The van der Waals surface area contributed by atoms with Crippen molar-refractivity contribution >= 4 is 11.0 Å². The minimum atomic E-state index is -0.210. The fraction of sp³-hybridized carbons (Fsp3) is 0.312. The Bertz CT molecular complexity index is 772. The SMILES string of the molecule is CCn1nc(C)cc1C(NN)c1cc2cccc(C)c2o1. The summed E-state index contributed by atoms with van der Waals surface area (Å²) in [6, 6.07) is 9.98. The van der Waals surface area contributed by atoms with Crippen molar-refractivity contribution in [2.24, 2.45) is 5.84 Å². The van der Waals surface area contributed by atoms with Gasteiger partial charge in [0.25, 0.3) is 0 Å². The smallest absolute Gasteiger partial charge is 0.137 e. The number of hydrogen-bond donors (Lipinski definition) is 2. The Hall–Kier alpha value is -2.11. The molecule has 1 unspecified atom stereocenters. The predicted octanol–water partition coefficient (Wildman–Crippen LogP) is 2.82. The first kappa shape index (κ1) is 13.9. The third kappa shape index (κ3) is 2.34. The summed E-state index contributed by atoms with van der Waals surface area (Å²) in [6.07, 6.45) is 0. The predicted molar refractivity (Wildman–Crippen MR) is 82.8 cm³/mol. The molecule has 0 saturated carbocycles. The van der Waals surface area contributed by atoms with Crippen molar-refractivity contribution in [1.29, 1.82) is 0 Å². The number of furan rings is 1. The molecule has 5 heteroatoms. The van der Waals surface area contributed by atoms with Crippen LogP contribution >= 0.6 is 0 Å². The average Bonchev–Trinajstić information content (AvgIpc) is 3.04. The van der Waals surface area contributed by atoms with Gasteiger partial charge in [-0.15, -0.1) is 0 Å². The highest BCUT2D eigenvalue weighted by atomic mass is 16.3. The lowest BCUT2D eigenvalue weighted by atomic mass is 10.1. The molecule has 3 aromatic rings. The largest absolute Gasteiger partial charge is 0.459 e. The summed E-state index contributed by atoms with van der Waals surface area (Å²) in [7, 11) is 0. The van der Waals surface area contributed by atoms with Crippen LogP contribution in [0.15, 0.2) is 34.7 Å². The molecular weight excluding hydrogens is 264 g/mol. The van der Waals surface area contributed by atoms with Crippen LogP contribution in [0.3, 0.4) is 0 Å². The van der Waals surface area contributed by atoms with E-state index in [-0.39, 0.29) is 6.04 Å². The van der Waals surface area contributed by atoms with Crippen molar-refractivity contribution in [2.45, 2.75) is 33.4 Å². The molecule has 0 aliphatic carbocycles. The minimum Gasteiger partial charge on any atom is -0.459 e. The number of aromatic nitrogens is 2. The molecule has 0 fully saturated rings. The topological polar surface area (TPSA) is 69.0 Å². The van der Waals surface area contributed by atoms with Crippen LogP contribution in [-0.4, -0.2) is 9.78 Å². The van der Waals surface area contributed by atoms with Gasteiger partial charge >= 0.3 is 0 Å². The van der Waals surface area contributed by atoms with Gasteiger partial charge in [0.05, 0.1) is 11.4 Å². The number of benzene rings is 1. The van der Waals surface area contributed by atoms with Gasteiger partial charge in [-0.3, -0.25) is 10.5 Å². The Morgan fingerprint density at radius 3 is 2.81 bits per heavy atom. The molecule has 1 aromatic carbocycles. The minimum absolute atomic E-state index is 0.210. The summed E-state index contributed by atoms with van der Waals surface area (Å²) < 4.78 is 7.98. The first-order chi connectivity index (χ1) is 10.1. The number of fused-ring (bicyclic) bond motifs is 1. The standard InChI is InChI=1S/C16H20N4O/c1-4-20-13(8-11(3)19-20)15(18-17)14-9-12-7-5-6-10(2)16(12)21-14/h5-9,15,18H,4,17H2,1-3H3. The molecule has 0 bridgehead atoms. The van der Waals surface area contributed by atoms with E-state index in [1.165, 1.54) is 0 Å². The van der Waals surface area contributed by atoms with Crippen molar-refractivity contribution in [1.82, 2.24) is 15.2 Å². The number of nitrogens with zero attached hydrogens (tertiary/aromatic N) is 2. The molecule has 3 N–H and O–H groups in total. The molecule has 110 valence electrons. The van der Waals surface area contributed by atoms with Crippen molar-refractivity contribution < 1.29 is 4.42 Å². The van der Waals surface area contributed by atoms with E-state index in [1.54, 1.807) is 0 Å². The van der Waals surface area contributed by atoms with Crippen molar-refractivity contribution in [3.63, 3.8) is 0 Å². The van der Waals surface area contributed by atoms with Gasteiger partial charge in [-0.2, -0.15) is 5.10 Å². The lowest BCUT2D eigenvalue weighted by Gasteiger charge is -2.14. The van der Waals surface area contributed by atoms with Crippen LogP contribution in [0.5, 0.6) is 0 Å². The van der Waals surface area contributed by atoms with Gasteiger partial charge in [0, 0.05) is 11.9 Å². The third-order valence-corrected chi connectivity index (χ3v) is 3.74. The quantitative estimate of drug-likeness (QED) is 0.571. The number of nitrogens with two attached hydrogens (primary N) is 1. The Morgan fingerprint density at radius 1 is 1.33 bits per heavy atom. The van der Waals surface area contributed by atoms with Crippen molar-refractivity contribution in [3.05, 3.63) is 53.0 Å². The normalized spacial score (nSPS) is 13.0. The molecule has 21 heavy (non-hydrogen) atoms. The van der Waals surface area contributed by atoms with E-state index in [2.05, 4.69) is 17.4 Å². The molecule has 1 atom stereocenters. The number of nitrogens with one attached hydrogen (secondary N) is 1. The van der Waals surface area contributed by atoms with E-state index in [4.69, 9.17) is 10.3 Å². The fourth-order valence-electron chi connectivity index (χ4n) is 2.74. The maximum Gasteiger partial charge on any atom is 0.137 e. The van der Waals surface area contributed by atoms with Gasteiger partial charge in [-0.25, -0.2) is 5.43 Å². The van der Waals surface area contributed by atoms with Gasteiger partial charge in [-0.1, -0.05) is 18.2 Å². The van der Waals surface area contributed by atoms with E-state index in [1.807, 2.05) is 48.9 Å². The summed E-state index contributed by atoms with van der Waals surface area (Å²) in [4.78, 5) is 0. The zero-order valence-electron chi connectivity index (χ0n) is 12.6. The summed E-state index contributed by atoms with van der Waals surface area (Å²) >= 11 is 0. The van der Waals surface area contributed by atoms with Gasteiger partial charge < -0.3 is 4.42 Å². The Morgan fingerprint density at radius 2 is 2.14 bits per heavy atom. The van der Waals surface area contributed by atoms with Gasteiger partial charge in [-0.05, 0) is 38.5 Å². The van der Waals surface area contributed by atoms with Crippen LogP contribution in [0.25, 0.3) is 11.0 Å². The van der Waals surface area contributed by atoms with Crippen LogP contribution in [-0.2, 0) is 6.54 Å². The van der Waals surface area contributed by atoms with Gasteiger partial charge in [0.1, 0.15) is 17.4 Å². The Balaban J connectivity index is 2.11. The molecule has 5 nitrogen and oxygen atoms in total. The summed E-state index contributed by atoms with van der Waals surface area (Å²) in [5, 5.41) is 5.56. The number of para-hydroxylation sites is 1. The molecule has 2 heterocycles.